The van der Waals surface area contributed by atoms with E-state index in [1.54, 1.807) is 6.20 Å². The molecule has 1 aromatic carbocycles. The van der Waals surface area contributed by atoms with E-state index in [4.69, 9.17) is 5.11 Å². The van der Waals surface area contributed by atoms with Gasteiger partial charge >= 0.3 is 0 Å². The molecule has 3 nitrogen and oxygen atoms in total. The summed E-state index contributed by atoms with van der Waals surface area (Å²) >= 11 is 0. The summed E-state index contributed by atoms with van der Waals surface area (Å²) in [7, 11) is 0. The molecule has 0 amide bonds. The second kappa shape index (κ2) is 4.28. The van der Waals surface area contributed by atoms with Crippen LogP contribution in [-0.4, -0.2) is 22.7 Å². The summed E-state index contributed by atoms with van der Waals surface area (Å²) in [5.41, 5.74) is 1.04. The second-order valence-corrected chi connectivity index (χ2v) is 3.63. The predicted molar refractivity (Wildman–Crippen MR) is 61.9 cm³/mol. The Hall–Kier alpha value is -1.61. The van der Waals surface area contributed by atoms with Gasteiger partial charge in [0.15, 0.2) is 0 Å². The van der Waals surface area contributed by atoms with Crippen LogP contribution in [0.2, 0.25) is 0 Å². The van der Waals surface area contributed by atoms with Gasteiger partial charge in [-0.1, -0.05) is 12.1 Å². The van der Waals surface area contributed by atoms with Gasteiger partial charge in [0.25, 0.3) is 0 Å². The molecule has 0 saturated heterocycles. The quantitative estimate of drug-likeness (QED) is 0.800. The third kappa shape index (κ3) is 2.07. The molecule has 3 heteroatoms. The molecule has 2 aromatic rings. The molecule has 0 radical (unpaired) electrons. The van der Waals surface area contributed by atoms with E-state index in [1.807, 2.05) is 37.4 Å². The number of fused-ring (bicyclic) bond motifs is 1. The first kappa shape index (κ1) is 9.93. The average Bonchev–Trinajstić information content (AvgIpc) is 2.29. The standard InChI is InChI=1S/C12H14N2O/c1-9(8-15)14-12-4-2-3-10-7-13-6-5-11(10)12/h2-7,9,14-15H,8H2,1H3. The second-order valence-electron chi connectivity index (χ2n) is 3.63. The Balaban J connectivity index is 2.42. The molecule has 1 aromatic heterocycles. The van der Waals surface area contributed by atoms with Gasteiger partial charge in [-0.3, -0.25) is 4.98 Å². The maximum absolute atomic E-state index is 8.99. The molecule has 2 rings (SSSR count). The Bertz CT molecular complexity index is 451. The fraction of sp³-hybridized carbons (Fsp3) is 0.250. The third-order valence-electron chi connectivity index (χ3n) is 2.36. The lowest BCUT2D eigenvalue weighted by atomic mass is 10.1. The first-order chi connectivity index (χ1) is 7.31. The number of rotatable bonds is 3. The average molecular weight is 202 g/mol. The van der Waals surface area contributed by atoms with Crippen molar-refractivity contribution in [3.8, 4) is 0 Å². The molecule has 15 heavy (non-hydrogen) atoms. The molecule has 78 valence electrons. The normalized spacial score (nSPS) is 12.7. The van der Waals surface area contributed by atoms with Crippen molar-refractivity contribution in [3.63, 3.8) is 0 Å². The van der Waals surface area contributed by atoms with Crippen LogP contribution in [0.15, 0.2) is 36.7 Å². The van der Waals surface area contributed by atoms with Crippen LogP contribution in [0.4, 0.5) is 5.69 Å². The van der Waals surface area contributed by atoms with Crippen molar-refractivity contribution < 1.29 is 5.11 Å². The van der Waals surface area contributed by atoms with Crippen molar-refractivity contribution in [3.05, 3.63) is 36.7 Å². The molecule has 0 fully saturated rings. The Morgan fingerprint density at radius 1 is 1.40 bits per heavy atom. The molecule has 1 heterocycles. The maximum Gasteiger partial charge on any atom is 0.0630 e. The summed E-state index contributed by atoms with van der Waals surface area (Å²) in [4.78, 5) is 4.08. The highest BCUT2D eigenvalue weighted by Gasteiger charge is 2.03. The summed E-state index contributed by atoms with van der Waals surface area (Å²) in [5.74, 6) is 0. The smallest absolute Gasteiger partial charge is 0.0630 e. The van der Waals surface area contributed by atoms with E-state index >= 15 is 0 Å². The minimum absolute atomic E-state index is 0.0590. The highest BCUT2D eigenvalue weighted by Crippen LogP contribution is 2.22. The lowest BCUT2D eigenvalue weighted by Crippen LogP contribution is -2.19. The summed E-state index contributed by atoms with van der Waals surface area (Å²) < 4.78 is 0. The summed E-state index contributed by atoms with van der Waals surface area (Å²) in [5, 5.41) is 14.5. The van der Waals surface area contributed by atoms with Crippen molar-refractivity contribution in [2.45, 2.75) is 13.0 Å². The number of aliphatic hydroxyl groups excluding tert-OH is 1. The predicted octanol–water partition coefficient (Wildman–Crippen LogP) is 2.03. The van der Waals surface area contributed by atoms with Gasteiger partial charge < -0.3 is 10.4 Å². The van der Waals surface area contributed by atoms with E-state index in [0.717, 1.165) is 16.5 Å². The highest BCUT2D eigenvalue weighted by molar-refractivity contribution is 5.93. The Morgan fingerprint density at radius 3 is 3.07 bits per heavy atom. The molecule has 0 bridgehead atoms. The Morgan fingerprint density at radius 2 is 2.27 bits per heavy atom. The van der Waals surface area contributed by atoms with Crippen LogP contribution in [0, 0.1) is 0 Å². The molecule has 0 aliphatic carbocycles. The Kier molecular flexibility index (Phi) is 2.83. The van der Waals surface area contributed by atoms with E-state index in [0.29, 0.717) is 0 Å². The van der Waals surface area contributed by atoms with Gasteiger partial charge in [0.2, 0.25) is 0 Å². The van der Waals surface area contributed by atoms with Crippen LogP contribution in [0.3, 0.4) is 0 Å². The van der Waals surface area contributed by atoms with Crippen molar-refractivity contribution in [2.75, 3.05) is 11.9 Å². The fourth-order valence-electron chi connectivity index (χ4n) is 1.56. The number of benzene rings is 1. The van der Waals surface area contributed by atoms with Crippen molar-refractivity contribution in [1.82, 2.24) is 4.98 Å². The van der Waals surface area contributed by atoms with Crippen LogP contribution >= 0.6 is 0 Å². The lowest BCUT2D eigenvalue weighted by Gasteiger charge is -2.14. The number of nitrogens with one attached hydrogen (secondary N) is 1. The van der Waals surface area contributed by atoms with Gasteiger partial charge in [0, 0.05) is 34.9 Å². The molecule has 0 saturated carbocycles. The van der Waals surface area contributed by atoms with Gasteiger partial charge in [-0.05, 0) is 19.1 Å². The first-order valence-electron chi connectivity index (χ1n) is 5.01. The van der Waals surface area contributed by atoms with Crippen LogP contribution in [0.1, 0.15) is 6.92 Å². The van der Waals surface area contributed by atoms with Crippen molar-refractivity contribution in [1.29, 1.82) is 0 Å². The number of hydrogen-bond donors (Lipinski definition) is 2. The van der Waals surface area contributed by atoms with E-state index < -0.39 is 0 Å². The molecule has 1 unspecified atom stereocenters. The largest absolute Gasteiger partial charge is 0.394 e. The van der Waals surface area contributed by atoms with Crippen molar-refractivity contribution >= 4 is 16.5 Å². The lowest BCUT2D eigenvalue weighted by molar-refractivity contribution is 0.281. The van der Waals surface area contributed by atoms with Crippen LogP contribution in [-0.2, 0) is 0 Å². The van der Waals surface area contributed by atoms with Crippen LogP contribution < -0.4 is 5.32 Å². The third-order valence-corrected chi connectivity index (χ3v) is 2.36. The van der Waals surface area contributed by atoms with E-state index in [1.165, 1.54) is 0 Å². The minimum atomic E-state index is 0.0590. The Labute approximate surface area is 88.8 Å². The zero-order chi connectivity index (χ0) is 10.7. The van der Waals surface area contributed by atoms with E-state index in [-0.39, 0.29) is 12.6 Å². The zero-order valence-electron chi connectivity index (χ0n) is 8.64. The topological polar surface area (TPSA) is 45.1 Å². The molecular weight excluding hydrogens is 188 g/mol. The fourth-order valence-corrected chi connectivity index (χ4v) is 1.56. The summed E-state index contributed by atoms with van der Waals surface area (Å²) in [6.07, 6.45) is 3.61. The SMILES string of the molecule is CC(CO)Nc1cccc2cnccc12. The minimum Gasteiger partial charge on any atom is -0.394 e. The number of hydrogen-bond acceptors (Lipinski definition) is 3. The molecule has 2 N–H and O–H groups in total. The van der Waals surface area contributed by atoms with Gasteiger partial charge in [-0.2, -0.15) is 0 Å². The van der Waals surface area contributed by atoms with Crippen LogP contribution in [0.5, 0.6) is 0 Å². The van der Waals surface area contributed by atoms with Gasteiger partial charge in [-0.15, -0.1) is 0 Å². The van der Waals surface area contributed by atoms with Crippen molar-refractivity contribution in [2.24, 2.45) is 0 Å². The molecule has 0 aliphatic heterocycles. The molecule has 0 aliphatic rings. The summed E-state index contributed by atoms with van der Waals surface area (Å²) in [6, 6.07) is 8.05. The number of anilines is 1. The van der Waals surface area contributed by atoms with Gasteiger partial charge in [0.05, 0.1) is 6.61 Å². The van der Waals surface area contributed by atoms with E-state index in [2.05, 4.69) is 10.3 Å². The van der Waals surface area contributed by atoms with Gasteiger partial charge in [-0.25, -0.2) is 0 Å². The number of pyridine rings is 1. The van der Waals surface area contributed by atoms with E-state index in [9.17, 15) is 0 Å². The van der Waals surface area contributed by atoms with Crippen LogP contribution in [0.25, 0.3) is 10.8 Å². The first-order valence-corrected chi connectivity index (χ1v) is 5.01. The number of aliphatic hydroxyl groups is 1. The summed E-state index contributed by atoms with van der Waals surface area (Å²) in [6.45, 7) is 2.07. The highest BCUT2D eigenvalue weighted by atomic mass is 16.3. The zero-order valence-corrected chi connectivity index (χ0v) is 8.64. The number of nitrogens with zero attached hydrogens (tertiary/aromatic N) is 1. The molecular formula is C12H14N2O. The maximum atomic E-state index is 8.99. The monoisotopic (exact) mass is 202 g/mol. The molecule has 0 spiro atoms. The van der Waals surface area contributed by atoms with Gasteiger partial charge in [0.1, 0.15) is 0 Å². The molecule has 1 atom stereocenters. The number of aromatic nitrogens is 1.